The highest BCUT2D eigenvalue weighted by molar-refractivity contribution is 5.75. The number of hydrogen-bond donors (Lipinski definition) is 13. The molecule has 22 nitrogen and oxygen atoms in total. The van der Waals surface area contributed by atoms with Gasteiger partial charge < -0.3 is 67.2 Å². The Balaban J connectivity index is -0.000000235. The van der Waals surface area contributed by atoms with Gasteiger partial charge in [0.15, 0.2) is 0 Å². The van der Waals surface area contributed by atoms with Crippen LogP contribution in [0.3, 0.4) is 0 Å². The highest BCUT2D eigenvalue weighted by Gasteiger charge is 2.26. The third-order valence-corrected chi connectivity index (χ3v) is 11.9. The average molecular weight is 1080 g/mol. The Kier molecular flexibility index (Phi) is 22.2. The van der Waals surface area contributed by atoms with Crippen molar-refractivity contribution in [3.8, 4) is 0 Å². The molecule has 9 fully saturated rings. The van der Waals surface area contributed by atoms with E-state index in [1.807, 2.05) is 0 Å². The number of hydrogen-bond acceptors (Lipinski definition) is 13. The summed E-state index contributed by atoms with van der Waals surface area (Å²) >= 11 is 0. The first-order valence-electron chi connectivity index (χ1n) is 32.6. The van der Waals surface area contributed by atoms with E-state index in [1.54, 1.807) is 0 Å². The minimum absolute atomic E-state index is 0. The van der Waals surface area contributed by atoms with Gasteiger partial charge >= 0.3 is 53.7 Å². The third kappa shape index (κ3) is 30.2. The summed E-state index contributed by atoms with van der Waals surface area (Å²) in [6.07, 6.45) is 0.00519. The number of carbonyl (C=O) groups is 9. The van der Waals surface area contributed by atoms with E-state index >= 15 is 0 Å². The van der Waals surface area contributed by atoms with Gasteiger partial charge in [0.25, 0.3) is 0 Å². The lowest BCUT2D eigenvalue weighted by molar-refractivity contribution is -0.142. The molecule has 4 saturated heterocycles. The monoisotopic (exact) mass is 1080 g/mol. The quantitative estimate of drug-likeness (QED) is 0.0810. The Morgan fingerprint density at radius 2 is 0.694 bits per heavy atom. The minimum Gasteiger partial charge on any atom is -0.481 e. The number of nitrogens with one attached hydrogen (secondary N) is 4. The predicted molar refractivity (Wildman–Crippen MR) is 275 cm³/mol. The van der Waals surface area contributed by atoms with Crippen LogP contribution in [0.15, 0.2) is 0 Å². The van der Waals surface area contributed by atoms with Crippen molar-refractivity contribution >= 4 is 53.7 Å². The van der Waals surface area contributed by atoms with Gasteiger partial charge in [0.2, 0.25) is 0 Å². The van der Waals surface area contributed by atoms with Gasteiger partial charge in [-0.1, -0.05) is 64.1 Å². The van der Waals surface area contributed by atoms with Crippen molar-refractivity contribution in [2.24, 2.45) is 29.5 Å². The summed E-state index contributed by atoms with van der Waals surface area (Å²) < 4.78 is 123. The van der Waals surface area contributed by atoms with E-state index in [0.29, 0.717) is 0 Å². The zero-order valence-electron chi connectivity index (χ0n) is 57.3. The molecule has 22 heteroatoms. The maximum absolute atomic E-state index is 10.8. The number of rotatable bonds is 9. The first kappa shape index (κ1) is 41.4. The van der Waals surface area contributed by atoms with Crippen LogP contribution in [0.1, 0.15) is 211 Å². The van der Waals surface area contributed by atoms with Gasteiger partial charge in [0.05, 0.1) is 30.9 Å². The topological polar surface area (TPSA) is 384 Å². The van der Waals surface area contributed by atoms with Crippen molar-refractivity contribution < 1.29 is 121 Å². The van der Waals surface area contributed by atoms with Gasteiger partial charge in [0, 0.05) is 30.5 Å². The van der Waals surface area contributed by atoms with Crippen molar-refractivity contribution in [1.82, 2.24) is 21.3 Å². The fourth-order valence-electron chi connectivity index (χ4n) is 7.70. The van der Waals surface area contributed by atoms with Crippen LogP contribution in [0.2, 0.25) is 0 Å². The first-order chi connectivity index (χ1) is 40.5. The molecule has 4 heterocycles. The van der Waals surface area contributed by atoms with Gasteiger partial charge in [0.1, 0.15) is 24.1 Å². The SMILES string of the molecule is O=C(O)C1CCC[15NH]1.O=C(O)[13CH]1CCCC1.O=[13C](O)C1CCCC1.O=[13C](O)[13CH]1CCC[15NH]1.O=[13C](O)[13CH]1C[13CH2][13CH2][13CH2]1.O=[13C](O)[13CH]1[13CH2][13CH2][13CH2][15NH]1.[2H]C1([2H])CC([2H])(C(=O)O)C([2H])([2H])C1([2H])[2H].[2H]C1([2H])CCC([2H])(C(=O)O)C1.[2H][13C]1([2H])[15NH][13C]([2H])([13C](=O)O)[13C]([2H])([2H])[13C]1([2H])[2H].[HH].[HH].[HH].[HH].[HH].[HH]. The summed E-state index contributed by atoms with van der Waals surface area (Å²) in [6.45, 7) is -0.346. The number of aliphatic carboxylic acids is 9. The van der Waals surface area contributed by atoms with Crippen LogP contribution < -0.4 is 21.3 Å². The second-order valence-electron chi connectivity index (χ2n) is 17.3. The molecule has 0 spiro atoms. The van der Waals surface area contributed by atoms with E-state index in [0.717, 1.165) is 135 Å². The molecule has 9 aliphatic rings. The number of carboxylic acid groups (broad SMARTS) is 9. The van der Waals surface area contributed by atoms with E-state index < -0.39 is 123 Å². The Labute approximate surface area is 455 Å². The summed E-state index contributed by atoms with van der Waals surface area (Å²) in [5, 5.41) is 86.3. The molecule has 5 saturated carbocycles. The lowest BCUT2D eigenvalue weighted by Crippen LogP contribution is -2.29. The zero-order valence-corrected chi connectivity index (χ0v) is 40.3. The lowest BCUT2D eigenvalue weighted by atomic mass is 10.1. The normalized spacial score (nSPS) is 38.2. The summed E-state index contributed by atoms with van der Waals surface area (Å²) in [4.78, 5) is 92.9. The second kappa shape index (κ2) is 38.7. The average Bonchev–Trinajstić information content (AvgIpc) is 1.56. The van der Waals surface area contributed by atoms with Crippen LogP contribution >= 0.6 is 0 Å². The van der Waals surface area contributed by atoms with Crippen molar-refractivity contribution in [3.63, 3.8) is 0 Å². The van der Waals surface area contributed by atoms with Gasteiger partial charge in [-0.25, -0.2) is 0 Å². The fourth-order valence-corrected chi connectivity index (χ4v) is 7.70. The van der Waals surface area contributed by atoms with Crippen LogP contribution in [0.25, 0.3) is 0 Å². The van der Waals surface area contributed by atoms with Gasteiger partial charge in [-0.3, -0.25) is 43.2 Å². The molecule has 13 N–H and O–H groups in total. The second-order valence-corrected chi connectivity index (χ2v) is 17.3. The molecule has 7 unspecified atom stereocenters. The first-order valence-corrected chi connectivity index (χ1v) is 24.1. The largest absolute Gasteiger partial charge is 0.481 e. The van der Waals surface area contributed by atoms with Crippen molar-refractivity contribution in [3.05, 3.63) is 0 Å². The maximum Gasteiger partial charge on any atom is 0.320 e. The lowest BCUT2D eigenvalue weighted by Gasteiger charge is -1.99. The van der Waals surface area contributed by atoms with Crippen LogP contribution in [-0.2, 0) is 43.2 Å². The summed E-state index contributed by atoms with van der Waals surface area (Å²) in [7, 11) is 0. The van der Waals surface area contributed by atoms with Crippen molar-refractivity contribution in [2.75, 3.05) is 26.1 Å². The molecule has 0 radical (unpaired) electrons. The Hall–Kier alpha value is -4.93. The highest BCUT2D eigenvalue weighted by atomic mass is 16.5. The molecule has 9 rings (SSSR count). The summed E-state index contributed by atoms with van der Waals surface area (Å²) in [5.41, 5.74) is 0. The van der Waals surface area contributed by atoms with Crippen LogP contribution in [0.5, 0.6) is 0 Å². The third-order valence-electron chi connectivity index (χ3n) is 11.9. The smallest absolute Gasteiger partial charge is 0.320 e. The Morgan fingerprint density at radius 1 is 0.333 bits per heavy atom. The highest BCUT2D eigenvalue weighted by Crippen LogP contribution is 2.27. The van der Waals surface area contributed by atoms with Crippen LogP contribution in [-0.4, -0.2) is 150 Å². The molecule has 72 heavy (non-hydrogen) atoms. The molecular weight excluding hydrogens is 967 g/mol. The van der Waals surface area contributed by atoms with Crippen molar-refractivity contribution in [1.29, 1.82) is 0 Å². The molecule has 4 aliphatic heterocycles. The summed E-state index contributed by atoms with van der Waals surface area (Å²) in [6, 6.07) is -3.85. The molecule has 0 aromatic carbocycles. The predicted octanol–water partition coefficient (Wildman–Crippen LogP) is 7.07. The zero-order chi connectivity index (χ0) is 69.2. The maximum atomic E-state index is 10.8. The number of carboxylic acids is 9. The van der Waals surface area contributed by atoms with Crippen LogP contribution in [0, 0.1) is 29.5 Å². The molecule has 0 amide bonds. The van der Waals surface area contributed by atoms with E-state index in [4.69, 9.17) is 69.3 Å². The van der Waals surface area contributed by atoms with E-state index in [1.165, 1.54) is 5.32 Å². The Bertz CT molecular complexity index is 2150. The Morgan fingerprint density at radius 3 is 0.833 bits per heavy atom. The van der Waals surface area contributed by atoms with E-state index in [9.17, 15) is 43.2 Å². The molecule has 426 valence electrons. The molecule has 5 aliphatic carbocycles. The van der Waals surface area contributed by atoms with Gasteiger partial charge in [-0.2, -0.15) is 0 Å². The standard InChI is InChI=1S/5C6H10O2.4C5H9NO2.6H2/c5*7-6(8)5-3-1-2-4-5;4*7-5(8)4-2-1-3-6-4;;;;;;/h5*5H,1-4H2,(H,7,8);4*4,6H,1-3H2,(H,7,8);6*1H/i1+1,2+1,3+1,5+1,6+1;1D2,2D2,3D2,5D;1D2,5D;6+1;5+1;1+1D2,2+1D2,3+1D2,4+1D,5+1,6+1;1+1,2+1,3+1,4+1,5+1,6+1;4+1,5+1,6+1;6+1;;;;;;. The summed E-state index contributed by atoms with van der Waals surface area (Å²) in [5.74, 6) is -13.4. The minimum atomic E-state index is -3.19. The van der Waals surface area contributed by atoms with Gasteiger partial charge in [-0.05, 0) is 142 Å². The van der Waals surface area contributed by atoms with E-state index in [-0.39, 0.29) is 63.7 Å². The van der Waals surface area contributed by atoms with Crippen molar-refractivity contribution in [2.45, 2.75) is 204 Å². The molecule has 0 aromatic rings. The molecular formula is C50H98N4O18. The van der Waals surface area contributed by atoms with E-state index in [2.05, 4.69) is 16.0 Å². The molecule has 7 atom stereocenters. The van der Waals surface area contributed by atoms with Gasteiger partial charge in [-0.15, -0.1) is 0 Å². The van der Waals surface area contributed by atoms with Crippen LogP contribution in [0.4, 0.5) is 0 Å². The molecule has 0 bridgehead atoms. The molecule has 0 aromatic heterocycles. The fraction of sp³-hybridized carbons (Fsp3) is 0.820.